The molecule has 3 nitrogen and oxygen atoms in total. The molecule has 0 aromatic carbocycles. The summed E-state index contributed by atoms with van der Waals surface area (Å²) in [6.45, 7) is 7.31. The van der Waals surface area contributed by atoms with Gasteiger partial charge in [0, 0.05) is 6.04 Å². The Kier molecular flexibility index (Phi) is 4.85. The zero-order chi connectivity index (χ0) is 11.3. The van der Waals surface area contributed by atoms with Gasteiger partial charge < -0.3 is 14.8 Å². The van der Waals surface area contributed by atoms with Gasteiger partial charge in [0.15, 0.2) is 0 Å². The Morgan fingerprint density at radius 2 is 1.93 bits per heavy atom. The Bertz CT molecular complexity index is 281. The van der Waals surface area contributed by atoms with Gasteiger partial charge >= 0.3 is 0 Å². The maximum absolute atomic E-state index is 8.83. The number of nitrogens with one attached hydrogen (secondary N) is 1. The van der Waals surface area contributed by atoms with Crippen molar-refractivity contribution in [2.45, 2.75) is 46.4 Å². The van der Waals surface area contributed by atoms with E-state index in [4.69, 9.17) is 9.52 Å². The molecule has 1 heterocycles. The van der Waals surface area contributed by atoms with Crippen molar-refractivity contribution in [3.05, 3.63) is 23.7 Å². The average Bonchev–Trinajstić information content (AvgIpc) is 2.61. The number of hydrogen-bond acceptors (Lipinski definition) is 3. The molecule has 1 atom stereocenters. The summed E-state index contributed by atoms with van der Waals surface area (Å²) in [5, 5.41) is 12.2. The Morgan fingerprint density at radius 3 is 2.47 bits per heavy atom. The van der Waals surface area contributed by atoms with Crippen molar-refractivity contribution in [1.82, 2.24) is 5.32 Å². The molecule has 1 aromatic heterocycles. The van der Waals surface area contributed by atoms with Gasteiger partial charge in [-0.3, -0.25) is 0 Å². The lowest BCUT2D eigenvalue weighted by atomic mass is 10.1. The molecule has 0 aliphatic heterocycles. The Balaban J connectivity index is 2.30. The van der Waals surface area contributed by atoms with Gasteiger partial charge in [0.2, 0.25) is 0 Å². The van der Waals surface area contributed by atoms with Gasteiger partial charge in [0.05, 0.1) is 6.54 Å². The van der Waals surface area contributed by atoms with E-state index < -0.39 is 0 Å². The maximum atomic E-state index is 8.83. The van der Waals surface area contributed by atoms with Crippen LogP contribution >= 0.6 is 0 Å². The zero-order valence-electron chi connectivity index (χ0n) is 9.79. The molecule has 0 aliphatic rings. The van der Waals surface area contributed by atoms with Crippen molar-refractivity contribution in [3.8, 4) is 0 Å². The highest BCUT2D eigenvalue weighted by atomic mass is 16.4. The van der Waals surface area contributed by atoms with Crippen molar-refractivity contribution in [2.75, 3.05) is 0 Å². The third-order valence-corrected chi connectivity index (χ3v) is 2.32. The summed E-state index contributed by atoms with van der Waals surface area (Å²) < 4.78 is 5.38. The van der Waals surface area contributed by atoms with Crippen LogP contribution < -0.4 is 5.32 Å². The van der Waals surface area contributed by atoms with E-state index in [1.807, 2.05) is 12.1 Å². The van der Waals surface area contributed by atoms with Crippen LogP contribution in [0.3, 0.4) is 0 Å². The quantitative estimate of drug-likeness (QED) is 0.759. The highest BCUT2D eigenvalue weighted by molar-refractivity contribution is 5.06. The minimum atomic E-state index is -0.0262. The van der Waals surface area contributed by atoms with Crippen LogP contribution in [0.25, 0.3) is 0 Å². The van der Waals surface area contributed by atoms with Crippen molar-refractivity contribution in [3.63, 3.8) is 0 Å². The lowest BCUT2D eigenvalue weighted by molar-refractivity contribution is 0.242. The van der Waals surface area contributed by atoms with Gasteiger partial charge in [-0.1, -0.05) is 13.8 Å². The summed E-state index contributed by atoms with van der Waals surface area (Å²) in [5.74, 6) is 2.22. The first-order valence-corrected chi connectivity index (χ1v) is 5.53. The lowest BCUT2D eigenvalue weighted by Gasteiger charge is -2.14. The molecule has 0 unspecified atom stereocenters. The van der Waals surface area contributed by atoms with E-state index in [-0.39, 0.29) is 6.61 Å². The molecule has 0 radical (unpaired) electrons. The van der Waals surface area contributed by atoms with Gasteiger partial charge in [-0.25, -0.2) is 0 Å². The first kappa shape index (κ1) is 12.3. The highest BCUT2D eigenvalue weighted by Gasteiger charge is 2.06. The summed E-state index contributed by atoms with van der Waals surface area (Å²) >= 11 is 0. The van der Waals surface area contributed by atoms with Gasteiger partial charge in [-0.15, -0.1) is 0 Å². The molecule has 15 heavy (non-hydrogen) atoms. The highest BCUT2D eigenvalue weighted by Crippen LogP contribution is 2.09. The predicted octanol–water partition coefficient (Wildman–Crippen LogP) is 2.30. The van der Waals surface area contributed by atoms with E-state index in [2.05, 4.69) is 26.1 Å². The molecular formula is C12H21NO2. The van der Waals surface area contributed by atoms with Crippen molar-refractivity contribution in [2.24, 2.45) is 5.92 Å². The molecule has 0 fully saturated rings. The van der Waals surface area contributed by atoms with Gasteiger partial charge in [0.25, 0.3) is 0 Å². The lowest BCUT2D eigenvalue weighted by Crippen LogP contribution is -2.26. The van der Waals surface area contributed by atoms with Crippen molar-refractivity contribution in [1.29, 1.82) is 0 Å². The summed E-state index contributed by atoms with van der Waals surface area (Å²) in [5.41, 5.74) is 0. The second kappa shape index (κ2) is 5.93. The standard InChI is InChI=1S/C12H21NO2/c1-9(2)6-10(3)13-7-11-4-5-12(8-14)15-11/h4-5,9-10,13-14H,6-8H2,1-3H3/t10-/m1/s1. The van der Waals surface area contributed by atoms with E-state index in [1.54, 1.807) is 0 Å². The number of aliphatic hydroxyl groups excluding tert-OH is 1. The topological polar surface area (TPSA) is 45.4 Å². The molecule has 0 aliphatic carbocycles. The van der Waals surface area contributed by atoms with Gasteiger partial charge in [-0.2, -0.15) is 0 Å². The van der Waals surface area contributed by atoms with E-state index in [9.17, 15) is 0 Å². The van der Waals surface area contributed by atoms with E-state index in [1.165, 1.54) is 0 Å². The van der Waals surface area contributed by atoms with Crippen LogP contribution in [0.2, 0.25) is 0 Å². The fourth-order valence-corrected chi connectivity index (χ4v) is 1.67. The van der Waals surface area contributed by atoms with Crippen LogP contribution in [0.5, 0.6) is 0 Å². The molecule has 0 saturated heterocycles. The molecule has 0 amide bonds. The SMILES string of the molecule is CC(C)C[C@@H](C)NCc1ccc(CO)o1. The van der Waals surface area contributed by atoms with Crippen LogP contribution in [0, 0.1) is 5.92 Å². The van der Waals surface area contributed by atoms with Crippen molar-refractivity contribution >= 4 is 0 Å². The smallest absolute Gasteiger partial charge is 0.129 e. The van der Waals surface area contributed by atoms with Crippen LogP contribution in [-0.4, -0.2) is 11.1 Å². The molecule has 2 N–H and O–H groups in total. The van der Waals surface area contributed by atoms with E-state index >= 15 is 0 Å². The normalized spacial score (nSPS) is 13.4. The molecule has 1 aromatic rings. The van der Waals surface area contributed by atoms with Crippen LogP contribution in [0.15, 0.2) is 16.5 Å². The number of rotatable bonds is 6. The van der Waals surface area contributed by atoms with E-state index in [0.717, 1.165) is 18.7 Å². The molecule has 3 heteroatoms. The summed E-state index contributed by atoms with van der Waals surface area (Å²) in [7, 11) is 0. The third kappa shape index (κ3) is 4.49. The summed E-state index contributed by atoms with van der Waals surface area (Å²) in [6.07, 6.45) is 1.16. The minimum absolute atomic E-state index is 0.0262. The molecule has 0 bridgehead atoms. The molecule has 1 rings (SSSR count). The summed E-state index contributed by atoms with van der Waals surface area (Å²) in [6, 6.07) is 4.21. The largest absolute Gasteiger partial charge is 0.462 e. The molecular weight excluding hydrogens is 190 g/mol. The van der Waals surface area contributed by atoms with E-state index in [0.29, 0.717) is 17.7 Å². The van der Waals surface area contributed by atoms with Crippen LogP contribution in [-0.2, 0) is 13.2 Å². The Hall–Kier alpha value is -0.800. The second-order valence-corrected chi connectivity index (χ2v) is 4.44. The zero-order valence-corrected chi connectivity index (χ0v) is 9.79. The first-order valence-electron chi connectivity index (χ1n) is 5.53. The fraction of sp³-hybridized carbons (Fsp3) is 0.667. The van der Waals surface area contributed by atoms with Crippen LogP contribution in [0.4, 0.5) is 0 Å². The minimum Gasteiger partial charge on any atom is -0.462 e. The van der Waals surface area contributed by atoms with Gasteiger partial charge in [0.1, 0.15) is 18.1 Å². The number of furan rings is 1. The monoisotopic (exact) mass is 211 g/mol. The van der Waals surface area contributed by atoms with Crippen LogP contribution in [0.1, 0.15) is 38.7 Å². The van der Waals surface area contributed by atoms with Gasteiger partial charge in [-0.05, 0) is 31.4 Å². The first-order chi connectivity index (χ1) is 7.11. The summed E-state index contributed by atoms with van der Waals surface area (Å²) in [4.78, 5) is 0. The Morgan fingerprint density at radius 1 is 1.27 bits per heavy atom. The fourth-order valence-electron chi connectivity index (χ4n) is 1.67. The average molecular weight is 211 g/mol. The molecule has 0 spiro atoms. The molecule has 86 valence electrons. The Labute approximate surface area is 91.5 Å². The predicted molar refractivity (Wildman–Crippen MR) is 60.4 cm³/mol. The maximum Gasteiger partial charge on any atom is 0.129 e. The second-order valence-electron chi connectivity index (χ2n) is 4.44. The number of aliphatic hydroxyl groups is 1. The number of hydrogen-bond donors (Lipinski definition) is 2. The third-order valence-electron chi connectivity index (χ3n) is 2.32. The van der Waals surface area contributed by atoms with Crippen molar-refractivity contribution < 1.29 is 9.52 Å². The molecule has 0 saturated carbocycles.